The fourth-order valence-corrected chi connectivity index (χ4v) is 1.33. The Balaban J connectivity index is 2.01. The van der Waals surface area contributed by atoms with Crippen LogP contribution in [0.1, 0.15) is 26.2 Å². The van der Waals surface area contributed by atoms with Gasteiger partial charge in [-0.2, -0.15) is 0 Å². The van der Waals surface area contributed by atoms with Gasteiger partial charge in [-0.25, -0.2) is 4.98 Å². The molecule has 1 unspecified atom stereocenters. The van der Waals surface area contributed by atoms with Crippen molar-refractivity contribution < 1.29 is 5.11 Å². The monoisotopic (exact) mass is 208 g/mol. The number of aliphatic hydroxyl groups is 1. The second-order valence-corrected chi connectivity index (χ2v) is 3.94. The van der Waals surface area contributed by atoms with Gasteiger partial charge in [0, 0.05) is 25.5 Å². The molecule has 0 aliphatic carbocycles. The molecule has 0 aromatic carbocycles. The van der Waals surface area contributed by atoms with Crippen LogP contribution in [0.25, 0.3) is 0 Å². The first-order chi connectivity index (χ1) is 7.33. The zero-order valence-electron chi connectivity index (χ0n) is 9.34. The Morgan fingerprint density at radius 2 is 2.33 bits per heavy atom. The Morgan fingerprint density at radius 1 is 1.47 bits per heavy atom. The summed E-state index contributed by atoms with van der Waals surface area (Å²) in [5.41, 5.74) is 0. The van der Waals surface area contributed by atoms with Crippen LogP contribution >= 0.6 is 0 Å². The minimum absolute atomic E-state index is 0.277. The predicted molar refractivity (Wildman–Crippen MR) is 61.5 cm³/mol. The van der Waals surface area contributed by atoms with Crippen molar-refractivity contribution >= 4 is 0 Å². The second kappa shape index (κ2) is 7.23. The van der Waals surface area contributed by atoms with E-state index >= 15 is 0 Å². The minimum Gasteiger partial charge on any atom is -0.396 e. The van der Waals surface area contributed by atoms with E-state index in [1.807, 2.05) is 12.5 Å². The van der Waals surface area contributed by atoms with E-state index in [1.54, 1.807) is 6.20 Å². The van der Waals surface area contributed by atoms with Gasteiger partial charge in [-0.3, -0.25) is 0 Å². The average molecular weight is 208 g/mol. The van der Waals surface area contributed by atoms with Crippen molar-refractivity contribution in [1.29, 1.82) is 0 Å². The molecule has 1 rings (SSSR count). The highest BCUT2D eigenvalue weighted by molar-refractivity contribution is 4.83. The molecule has 0 aliphatic rings. The molecule has 0 fully saturated rings. The van der Waals surface area contributed by atoms with Crippen molar-refractivity contribution in [2.24, 2.45) is 5.92 Å². The van der Waals surface area contributed by atoms with Crippen molar-refractivity contribution in [3.8, 4) is 0 Å². The number of aliphatic hydroxyl groups excluding tert-OH is 1. The average Bonchev–Trinajstić information content (AvgIpc) is 2.75. The normalized spacial score (nSPS) is 13.5. The summed E-state index contributed by atoms with van der Waals surface area (Å²) in [5, 5.41) is 8.82. The minimum atomic E-state index is 0.277. The number of allylic oxidation sites excluding steroid dienone is 2. The highest BCUT2D eigenvalue weighted by Gasteiger charge is 1.94. The highest BCUT2D eigenvalue weighted by atomic mass is 16.3. The molecule has 0 radical (unpaired) electrons. The molecule has 1 atom stereocenters. The zero-order chi connectivity index (χ0) is 10.9. The van der Waals surface area contributed by atoms with Gasteiger partial charge in [0.05, 0.1) is 6.33 Å². The summed E-state index contributed by atoms with van der Waals surface area (Å²) in [6.07, 6.45) is 13.2. The topological polar surface area (TPSA) is 38.0 Å². The first-order valence-electron chi connectivity index (χ1n) is 5.54. The quantitative estimate of drug-likeness (QED) is 0.551. The van der Waals surface area contributed by atoms with Crippen LogP contribution in [-0.4, -0.2) is 21.3 Å². The van der Waals surface area contributed by atoms with Crippen LogP contribution in [0.5, 0.6) is 0 Å². The molecule has 1 aromatic rings. The molecule has 84 valence electrons. The van der Waals surface area contributed by atoms with Crippen LogP contribution in [0.3, 0.4) is 0 Å². The Hall–Kier alpha value is -1.09. The molecule has 0 saturated heterocycles. The smallest absolute Gasteiger partial charge is 0.0945 e. The summed E-state index contributed by atoms with van der Waals surface area (Å²) >= 11 is 0. The van der Waals surface area contributed by atoms with Gasteiger partial charge in [-0.1, -0.05) is 19.1 Å². The van der Waals surface area contributed by atoms with Gasteiger partial charge in [-0.05, 0) is 25.2 Å². The molecule has 0 amide bonds. The highest BCUT2D eigenvalue weighted by Crippen LogP contribution is 2.03. The van der Waals surface area contributed by atoms with E-state index in [0.29, 0.717) is 5.92 Å². The maximum absolute atomic E-state index is 8.82. The zero-order valence-corrected chi connectivity index (χ0v) is 9.34. The number of hydrogen-bond donors (Lipinski definition) is 1. The molecular weight excluding hydrogens is 188 g/mol. The van der Waals surface area contributed by atoms with Gasteiger partial charge >= 0.3 is 0 Å². The number of aromatic nitrogens is 2. The first kappa shape index (κ1) is 12.0. The summed E-state index contributed by atoms with van der Waals surface area (Å²) in [5.74, 6) is 0.384. The van der Waals surface area contributed by atoms with Crippen molar-refractivity contribution in [2.75, 3.05) is 6.61 Å². The van der Waals surface area contributed by atoms with Gasteiger partial charge in [0.25, 0.3) is 0 Å². The Morgan fingerprint density at radius 3 is 3.00 bits per heavy atom. The molecule has 3 nitrogen and oxygen atoms in total. The molecule has 15 heavy (non-hydrogen) atoms. The van der Waals surface area contributed by atoms with Gasteiger partial charge in [0.2, 0.25) is 0 Å². The van der Waals surface area contributed by atoms with Crippen LogP contribution in [0.15, 0.2) is 30.9 Å². The first-order valence-corrected chi connectivity index (χ1v) is 5.54. The van der Waals surface area contributed by atoms with E-state index in [1.165, 1.54) is 0 Å². The molecule has 0 saturated carbocycles. The number of nitrogens with zero attached hydrogens (tertiary/aromatic N) is 2. The lowest BCUT2D eigenvalue weighted by molar-refractivity contribution is 0.239. The molecular formula is C12H20N2O. The third kappa shape index (κ3) is 5.37. The molecule has 0 spiro atoms. The Bertz CT molecular complexity index is 267. The van der Waals surface area contributed by atoms with E-state index in [9.17, 15) is 0 Å². The van der Waals surface area contributed by atoms with Gasteiger partial charge in [0.1, 0.15) is 0 Å². The predicted octanol–water partition coefficient (Wildman–Crippen LogP) is 2.24. The maximum Gasteiger partial charge on any atom is 0.0945 e. The third-order valence-electron chi connectivity index (χ3n) is 2.36. The second-order valence-electron chi connectivity index (χ2n) is 3.94. The van der Waals surface area contributed by atoms with Gasteiger partial charge < -0.3 is 9.67 Å². The molecule has 1 aromatic heterocycles. The van der Waals surface area contributed by atoms with E-state index < -0.39 is 0 Å². The van der Waals surface area contributed by atoms with Crippen LogP contribution in [0.2, 0.25) is 0 Å². The Labute approximate surface area is 91.5 Å². The third-order valence-corrected chi connectivity index (χ3v) is 2.36. The number of rotatable bonds is 7. The molecule has 0 aliphatic heterocycles. The number of unbranched alkanes of at least 4 members (excludes halogenated alkanes) is 1. The van der Waals surface area contributed by atoms with Crippen molar-refractivity contribution in [3.63, 3.8) is 0 Å². The van der Waals surface area contributed by atoms with Crippen molar-refractivity contribution in [1.82, 2.24) is 9.55 Å². The number of imidazole rings is 1. The van der Waals surface area contributed by atoms with E-state index in [-0.39, 0.29) is 6.61 Å². The van der Waals surface area contributed by atoms with E-state index in [2.05, 4.69) is 28.6 Å². The lowest BCUT2D eigenvalue weighted by atomic mass is 10.1. The van der Waals surface area contributed by atoms with Crippen LogP contribution in [0.4, 0.5) is 0 Å². The van der Waals surface area contributed by atoms with Crippen LogP contribution < -0.4 is 0 Å². The lowest BCUT2D eigenvalue weighted by Gasteiger charge is -2.02. The van der Waals surface area contributed by atoms with Crippen LogP contribution in [0, 0.1) is 5.92 Å². The molecule has 3 heteroatoms. The largest absolute Gasteiger partial charge is 0.396 e. The van der Waals surface area contributed by atoms with Crippen molar-refractivity contribution in [2.45, 2.75) is 32.7 Å². The fourth-order valence-electron chi connectivity index (χ4n) is 1.33. The standard InChI is InChI=1S/C12H20N2O/c1-12(10-15)6-4-2-3-5-8-14-9-7-13-11-14/h2,4,7,9,11-12,15H,3,5-6,8,10H2,1H3/b4-2+. The number of hydrogen-bond acceptors (Lipinski definition) is 2. The SMILES string of the molecule is CC(CO)C/C=C/CCCn1ccnc1. The Kier molecular flexibility index (Phi) is 5.78. The molecule has 1 heterocycles. The van der Waals surface area contributed by atoms with Crippen LogP contribution in [-0.2, 0) is 6.54 Å². The molecule has 1 N–H and O–H groups in total. The fraction of sp³-hybridized carbons (Fsp3) is 0.583. The van der Waals surface area contributed by atoms with Gasteiger partial charge in [-0.15, -0.1) is 0 Å². The van der Waals surface area contributed by atoms with Gasteiger partial charge in [0.15, 0.2) is 0 Å². The summed E-state index contributed by atoms with van der Waals surface area (Å²) in [7, 11) is 0. The van der Waals surface area contributed by atoms with E-state index in [0.717, 1.165) is 25.8 Å². The summed E-state index contributed by atoms with van der Waals surface area (Å²) < 4.78 is 2.09. The summed E-state index contributed by atoms with van der Waals surface area (Å²) in [6, 6.07) is 0. The molecule has 0 bridgehead atoms. The summed E-state index contributed by atoms with van der Waals surface area (Å²) in [4.78, 5) is 3.99. The van der Waals surface area contributed by atoms with Crippen molar-refractivity contribution in [3.05, 3.63) is 30.9 Å². The van der Waals surface area contributed by atoms with E-state index in [4.69, 9.17) is 5.11 Å². The summed E-state index contributed by atoms with van der Waals surface area (Å²) in [6.45, 7) is 3.36. The maximum atomic E-state index is 8.82. The number of aryl methyl sites for hydroxylation is 1. The lowest BCUT2D eigenvalue weighted by Crippen LogP contribution is -1.97.